The summed E-state index contributed by atoms with van der Waals surface area (Å²) in [5, 5.41) is 3.47. The third-order valence-electron chi connectivity index (χ3n) is 3.37. The van der Waals surface area contributed by atoms with Crippen LogP contribution in [0.1, 0.15) is 24.0 Å². The molecular formula is C12H16N2. The Morgan fingerprint density at radius 1 is 1.43 bits per heavy atom. The number of nitrogens with one attached hydrogen (secondary N) is 1. The van der Waals surface area contributed by atoms with Crippen LogP contribution in [0, 0.1) is 0 Å². The van der Waals surface area contributed by atoms with E-state index in [0.29, 0.717) is 5.92 Å². The van der Waals surface area contributed by atoms with Crippen LogP contribution in [-0.2, 0) is 6.54 Å². The Morgan fingerprint density at radius 3 is 3.29 bits per heavy atom. The first kappa shape index (κ1) is 8.30. The molecule has 1 unspecified atom stereocenters. The molecule has 1 N–H and O–H groups in total. The largest absolute Gasteiger partial charge is 0.369 e. The third kappa shape index (κ3) is 1.07. The Morgan fingerprint density at radius 2 is 2.36 bits per heavy atom. The minimum atomic E-state index is 0.711. The van der Waals surface area contributed by atoms with Crippen LogP contribution in [0.15, 0.2) is 18.2 Å². The maximum atomic E-state index is 3.47. The van der Waals surface area contributed by atoms with Gasteiger partial charge in [-0.3, -0.25) is 0 Å². The summed E-state index contributed by atoms with van der Waals surface area (Å²) in [5.74, 6) is 0.711. The van der Waals surface area contributed by atoms with Crippen molar-refractivity contribution in [2.75, 3.05) is 24.5 Å². The molecule has 0 aliphatic carbocycles. The van der Waals surface area contributed by atoms with Crippen molar-refractivity contribution in [1.29, 1.82) is 0 Å². The van der Waals surface area contributed by atoms with E-state index in [-0.39, 0.29) is 0 Å². The average molecular weight is 188 g/mol. The normalized spacial score (nSPS) is 24.6. The molecular weight excluding hydrogens is 172 g/mol. The van der Waals surface area contributed by atoms with E-state index in [1.54, 1.807) is 5.56 Å². The van der Waals surface area contributed by atoms with Crippen LogP contribution in [0.3, 0.4) is 0 Å². The summed E-state index contributed by atoms with van der Waals surface area (Å²) in [4.78, 5) is 2.54. The molecule has 2 aliphatic rings. The van der Waals surface area contributed by atoms with E-state index in [4.69, 9.17) is 0 Å². The maximum Gasteiger partial charge on any atom is 0.0448 e. The van der Waals surface area contributed by atoms with Gasteiger partial charge in [0.2, 0.25) is 0 Å². The highest BCUT2D eigenvalue weighted by Gasteiger charge is 2.28. The molecule has 14 heavy (non-hydrogen) atoms. The van der Waals surface area contributed by atoms with E-state index < -0.39 is 0 Å². The molecule has 1 aromatic carbocycles. The van der Waals surface area contributed by atoms with Crippen LogP contribution >= 0.6 is 0 Å². The molecule has 0 aromatic heterocycles. The number of hydrogen-bond donors (Lipinski definition) is 1. The van der Waals surface area contributed by atoms with Crippen molar-refractivity contribution < 1.29 is 0 Å². The number of rotatable bonds is 0. The molecule has 0 bridgehead atoms. The van der Waals surface area contributed by atoms with Crippen molar-refractivity contribution in [1.82, 2.24) is 5.32 Å². The van der Waals surface area contributed by atoms with Gasteiger partial charge in [0.1, 0.15) is 0 Å². The lowest BCUT2D eigenvalue weighted by molar-refractivity contribution is 0.674. The molecule has 0 amide bonds. The number of para-hydroxylation sites is 1. The molecule has 1 atom stereocenters. The number of hydrogen-bond acceptors (Lipinski definition) is 2. The summed E-state index contributed by atoms with van der Waals surface area (Å²) < 4.78 is 0. The number of anilines is 1. The average Bonchev–Trinajstić information content (AvgIpc) is 2.41. The molecule has 1 aromatic rings. The standard InChI is InChI=1S/C12H16N2/c1-9-8-14-6-5-13-7-10-3-2-4-11(9)12(10)14/h2-4,9,13H,5-8H2,1H3. The predicted molar refractivity (Wildman–Crippen MR) is 58.8 cm³/mol. The molecule has 2 nitrogen and oxygen atoms in total. The Labute approximate surface area is 84.9 Å². The lowest BCUT2D eigenvalue weighted by Gasteiger charge is -2.18. The fourth-order valence-corrected chi connectivity index (χ4v) is 2.70. The molecule has 0 saturated heterocycles. The molecule has 0 spiro atoms. The summed E-state index contributed by atoms with van der Waals surface area (Å²) in [6.45, 7) is 6.84. The Kier molecular flexibility index (Phi) is 1.77. The number of benzene rings is 1. The minimum absolute atomic E-state index is 0.711. The summed E-state index contributed by atoms with van der Waals surface area (Å²) in [6.07, 6.45) is 0. The number of nitrogens with zero attached hydrogens (tertiary/aromatic N) is 1. The molecule has 0 fully saturated rings. The molecule has 74 valence electrons. The SMILES string of the molecule is CC1CN2CCNCc3cccc1c32. The second-order valence-corrected chi connectivity index (χ2v) is 4.38. The van der Waals surface area contributed by atoms with Crippen LogP contribution < -0.4 is 10.2 Å². The van der Waals surface area contributed by atoms with Gasteiger partial charge in [0.15, 0.2) is 0 Å². The van der Waals surface area contributed by atoms with Gasteiger partial charge in [0.05, 0.1) is 0 Å². The van der Waals surface area contributed by atoms with Gasteiger partial charge in [0.25, 0.3) is 0 Å². The van der Waals surface area contributed by atoms with Crippen molar-refractivity contribution in [3.8, 4) is 0 Å². The van der Waals surface area contributed by atoms with Crippen LogP contribution in [0.25, 0.3) is 0 Å². The third-order valence-corrected chi connectivity index (χ3v) is 3.37. The molecule has 2 aliphatic heterocycles. The van der Waals surface area contributed by atoms with Crippen molar-refractivity contribution in [2.24, 2.45) is 0 Å². The lowest BCUT2D eigenvalue weighted by atomic mass is 10.0. The smallest absolute Gasteiger partial charge is 0.0448 e. The first-order chi connectivity index (χ1) is 6.86. The summed E-state index contributed by atoms with van der Waals surface area (Å²) in [7, 11) is 0. The highest BCUT2D eigenvalue weighted by atomic mass is 15.2. The monoisotopic (exact) mass is 188 g/mol. The zero-order chi connectivity index (χ0) is 9.54. The fraction of sp³-hybridized carbons (Fsp3) is 0.500. The second kappa shape index (κ2) is 2.99. The lowest BCUT2D eigenvalue weighted by Crippen LogP contribution is -2.27. The molecule has 0 saturated carbocycles. The van der Waals surface area contributed by atoms with E-state index in [0.717, 1.165) is 19.6 Å². The van der Waals surface area contributed by atoms with Crippen LogP contribution in [-0.4, -0.2) is 19.6 Å². The summed E-state index contributed by atoms with van der Waals surface area (Å²) >= 11 is 0. The van der Waals surface area contributed by atoms with E-state index in [1.807, 2.05) is 0 Å². The van der Waals surface area contributed by atoms with E-state index in [1.165, 1.54) is 17.8 Å². The Bertz CT molecular complexity index is 359. The van der Waals surface area contributed by atoms with Gasteiger partial charge in [-0.2, -0.15) is 0 Å². The summed E-state index contributed by atoms with van der Waals surface area (Å²) in [6, 6.07) is 6.73. The summed E-state index contributed by atoms with van der Waals surface area (Å²) in [5.41, 5.74) is 4.54. The van der Waals surface area contributed by atoms with Gasteiger partial charge >= 0.3 is 0 Å². The molecule has 2 heterocycles. The van der Waals surface area contributed by atoms with Gasteiger partial charge in [0, 0.05) is 37.8 Å². The molecule has 0 radical (unpaired) electrons. The van der Waals surface area contributed by atoms with Gasteiger partial charge < -0.3 is 10.2 Å². The van der Waals surface area contributed by atoms with Crippen molar-refractivity contribution in [3.05, 3.63) is 29.3 Å². The van der Waals surface area contributed by atoms with E-state index >= 15 is 0 Å². The van der Waals surface area contributed by atoms with Crippen molar-refractivity contribution in [3.63, 3.8) is 0 Å². The Hall–Kier alpha value is -1.02. The fourth-order valence-electron chi connectivity index (χ4n) is 2.70. The quantitative estimate of drug-likeness (QED) is 0.667. The molecule has 2 heteroatoms. The van der Waals surface area contributed by atoms with Gasteiger partial charge in [-0.25, -0.2) is 0 Å². The van der Waals surface area contributed by atoms with Crippen LogP contribution in [0.4, 0.5) is 5.69 Å². The van der Waals surface area contributed by atoms with Crippen LogP contribution in [0.2, 0.25) is 0 Å². The predicted octanol–water partition coefficient (Wildman–Crippen LogP) is 1.71. The topological polar surface area (TPSA) is 15.3 Å². The van der Waals surface area contributed by atoms with Gasteiger partial charge in [-0.1, -0.05) is 25.1 Å². The maximum absolute atomic E-state index is 3.47. The minimum Gasteiger partial charge on any atom is -0.369 e. The highest BCUT2D eigenvalue weighted by Crippen LogP contribution is 2.38. The zero-order valence-electron chi connectivity index (χ0n) is 8.59. The first-order valence-corrected chi connectivity index (χ1v) is 5.44. The Balaban J connectivity index is 2.17. The van der Waals surface area contributed by atoms with E-state index in [9.17, 15) is 0 Å². The van der Waals surface area contributed by atoms with Crippen molar-refractivity contribution in [2.45, 2.75) is 19.4 Å². The van der Waals surface area contributed by atoms with Crippen LogP contribution in [0.5, 0.6) is 0 Å². The van der Waals surface area contributed by atoms with E-state index in [2.05, 4.69) is 35.3 Å². The van der Waals surface area contributed by atoms with Crippen molar-refractivity contribution >= 4 is 5.69 Å². The van der Waals surface area contributed by atoms with Gasteiger partial charge in [-0.05, 0) is 11.1 Å². The highest BCUT2D eigenvalue weighted by molar-refractivity contribution is 5.65. The first-order valence-electron chi connectivity index (χ1n) is 5.44. The molecule has 3 rings (SSSR count). The zero-order valence-corrected chi connectivity index (χ0v) is 8.59. The second-order valence-electron chi connectivity index (χ2n) is 4.38. The van der Waals surface area contributed by atoms with Gasteiger partial charge in [-0.15, -0.1) is 0 Å².